The molecule has 34 heavy (non-hydrogen) atoms. The molecule has 0 unspecified atom stereocenters. The minimum atomic E-state index is -4.23. The fourth-order valence-electron chi connectivity index (χ4n) is 3.31. The Morgan fingerprint density at radius 1 is 1.06 bits per heavy atom. The van der Waals surface area contributed by atoms with Gasteiger partial charge in [0.15, 0.2) is 0 Å². The van der Waals surface area contributed by atoms with Crippen molar-refractivity contribution < 1.29 is 13.2 Å². The average Bonchev–Trinajstić information content (AvgIpc) is 2.81. The van der Waals surface area contributed by atoms with Crippen LogP contribution in [0, 0.1) is 25.2 Å². The summed E-state index contributed by atoms with van der Waals surface area (Å²) in [6.45, 7) is 3.62. The Morgan fingerprint density at radius 2 is 1.74 bits per heavy atom. The first kappa shape index (κ1) is 23.2. The van der Waals surface area contributed by atoms with Crippen LogP contribution < -0.4 is 10.3 Å². The zero-order chi connectivity index (χ0) is 24.5. The third-order valence-corrected chi connectivity index (χ3v) is 7.08. The van der Waals surface area contributed by atoms with E-state index < -0.39 is 20.3 Å². The molecule has 9 heteroatoms. The molecule has 2 aromatic carbocycles. The van der Waals surface area contributed by atoms with E-state index in [1.54, 1.807) is 37.3 Å². The highest BCUT2D eigenvalue weighted by atomic mass is 35.5. The highest BCUT2D eigenvalue weighted by Gasteiger charge is 2.24. The van der Waals surface area contributed by atoms with Crippen LogP contribution in [0.5, 0.6) is 11.6 Å². The van der Waals surface area contributed by atoms with Crippen LogP contribution in [0.2, 0.25) is 5.02 Å². The molecule has 7 nitrogen and oxygen atoms in total. The van der Waals surface area contributed by atoms with Gasteiger partial charge in [0.2, 0.25) is 15.7 Å². The number of para-hydroxylation sites is 1. The van der Waals surface area contributed by atoms with E-state index in [9.17, 15) is 18.5 Å². The number of benzene rings is 2. The number of ether oxygens (including phenoxy) is 1. The maximum absolute atomic E-state index is 13.4. The number of sulfone groups is 1. The lowest BCUT2D eigenvalue weighted by Crippen LogP contribution is -2.20. The van der Waals surface area contributed by atoms with Gasteiger partial charge in [0.25, 0.3) is 5.56 Å². The summed E-state index contributed by atoms with van der Waals surface area (Å²) in [5.41, 5.74) is 1.13. The number of allylic oxidation sites excluding steroid dienone is 1. The third-order valence-electron chi connectivity index (χ3n) is 5.15. The minimum absolute atomic E-state index is 0.104. The van der Waals surface area contributed by atoms with Gasteiger partial charge in [-0.25, -0.2) is 8.42 Å². The number of nitrogens with zero attached hydrogens (tertiary/aromatic N) is 3. The molecule has 4 rings (SSSR count). The molecule has 170 valence electrons. The Hall–Kier alpha value is -3.93. The Balaban J connectivity index is 1.98. The molecule has 0 aliphatic carbocycles. The first-order valence-corrected chi connectivity index (χ1v) is 12.0. The molecule has 0 saturated carbocycles. The number of nitriles is 1. The standard InChI is InChI=1S/C25H18ClN3O4S/c1-16-6-3-4-8-22(16)33-24-21(25(30)29-13-5-7-17(2)23(29)28-24)14-20(15-27)34(31,32)19-11-9-18(26)10-12-19/h3-14H,1-2H3/b20-14+. The molecule has 0 aliphatic rings. The van der Waals surface area contributed by atoms with E-state index in [2.05, 4.69) is 4.98 Å². The van der Waals surface area contributed by atoms with Crippen LogP contribution in [0.4, 0.5) is 0 Å². The zero-order valence-electron chi connectivity index (χ0n) is 18.2. The van der Waals surface area contributed by atoms with Crippen LogP contribution in [0.1, 0.15) is 16.7 Å². The van der Waals surface area contributed by atoms with Crippen molar-refractivity contribution in [3.63, 3.8) is 0 Å². The summed E-state index contributed by atoms with van der Waals surface area (Å²) in [6.07, 6.45) is 2.52. The second kappa shape index (κ2) is 9.14. The van der Waals surface area contributed by atoms with Crippen molar-refractivity contribution in [1.82, 2.24) is 9.38 Å². The van der Waals surface area contributed by atoms with Crippen molar-refractivity contribution >= 4 is 33.2 Å². The van der Waals surface area contributed by atoms with E-state index in [1.807, 2.05) is 19.1 Å². The minimum Gasteiger partial charge on any atom is -0.438 e. The number of rotatable bonds is 5. The lowest BCUT2D eigenvalue weighted by molar-refractivity contribution is 0.457. The van der Waals surface area contributed by atoms with Gasteiger partial charge in [0.05, 0.1) is 4.90 Å². The van der Waals surface area contributed by atoms with E-state index >= 15 is 0 Å². The molecule has 0 fully saturated rings. The topological polar surface area (TPSA) is 102 Å². The number of pyridine rings is 1. The summed E-state index contributed by atoms with van der Waals surface area (Å²) < 4.78 is 33.5. The summed E-state index contributed by atoms with van der Waals surface area (Å²) in [5, 5.41) is 10.1. The number of hydrogen-bond donors (Lipinski definition) is 0. The molecular weight excluding hydrogens is 474 g/mol. The Kier molecular flexibility index (Phi) is 6.24. The Labute approximate surface area is 201 Å². The summed E-state index contributed by atoms with van der Waals surface area (Å²) in [5.74, 6) is 0.341. The van der Waals surface area contributed by atoms with E-state index in [0.717, 1.165) is 17.2 Å². The fraction of sp³-hybridized carbons (Fsp3) is 0.0800. The molecular formula is C25H18ClN3O4S. The highest BCUT2D eigenvalue weighted by molar-refractivity contribution is 7.95. The maximum atomic E-state index is 13.4. The summed E-state index contributed by atoms with van der Waals surface area (Å²) in [7, 11) is -4.23. The molecule has 0 saturated heterocycles. The second-order valence-corrected chi connectivity index (χ2v) is 9.82. The predicted molar refractivity (Wildman–Crippen MR) is 130 cm³/mol. The summed E-state index contributed by atoms with van der Waals surface area (Å²) in [4.78, 5) is 17.2. The second-order valence-electron chi connectivity index (χ2n) is 7.47. The SMILES string of the molecule is Cc1ccccc1Oc1nc2c(C)cccn2c(=O)c1/C=C(\C#N)S(=O)(=O)c1ccc(Cl)cc1. The van der Waals surface area contributed by atoms with Crippen molar-refractivity contribution in [1.29, 1.82) is 5.26 Å². The number of hydrogen-bond acceptors (Lipinski definition) is 6. The maximum Gasteiger partial charge on any atom is 0.269 e. The van der Waals surface area contributed by atoms with Gasteiger partial charge < -0.3 is 4.74 Å². The van der Waals surface area contributed by atoms with Crippen molar-refractivity contribution in [2.24, 2.45) is 0 Å². The van der Waals surface area contributed by atoms with Crippen LogP contribution in [-0.4, -0.2) is 17.8 Å². The first-order valence-electron chi connectivity index (χ1n) is 10.1. The van der Waals surface area contributed by atoms with Crippen LogP contribution in [0.3, 0.4) is 0 Å². The molecule has 0 spiro atoms. The number of aryl methyl sites for hydroxylation is 2. The van der Waals surface area contributed by atoms with E-state index in [1.165, 1.54) is 34.9 Å². The van der Waals surface area contributed by atoms with Crippen molar-refractivity contribution in [2.75, 3.05) is 0 Å². The average molecular weight is 492 g/mol. The van der Waals surface area contributed by atoms with Gasteiger partial charge >= 0.3 is 0 Å². The molecule has 0 N–H and O–H groups in total. The van der Waals surface area contributed by atoms with Crippen molar-refractivity contribution in [3.8, 4) is 17.7 Å². The lowest BCUT2D eigenvalue weighted by Gasteiger charge is -2.13. The van der Waals surface area contributed by atoms with E-state index in [0.29, 0.717) is 16.4 Å². The van der Waals surface area contributed by atoms with Crippen LogP contribution in [0.25, 0.3) is 11.7 Å². The van der Waals surface area contributed by atoms with Gasteiger partial charge in [0, 0.05) is 11.2 Å². The van der Waals surface area contributed by atoms with Crippen LogP contribution in [0.15, 0.2) is 81.5 Å². The van der Waals surface area contributed by atoms with Gasteiger partial charge in [-0.2, -0.15) is 10.2 Å². The molecule has 2 heterocycles. The fourth-order valence-corrected chi connectivity index (χ4v) is 4.58. The summed E-state index contributed by atoms with van der Waals surface area (Å²) in [6, 6.07) is 17.7. The molecule has 2 aromatic heterocycles. The quantitative estimate of drug-likeness (QED) is 0.360. The van der Waals surface area contributed by atoms with Gasteiger partial charge in [-0.15, -0.1) is 0 Å². The molecule has 0 atom stereocenters. The number of halogens is 1. The third kappa shape index (κ3) is 4.31. The number of fused-ring (bicyclic) bond motifs is 1. The Bertz CT molecular complexity index is 1650. The lowest BCUT2D eigenvalue weighted by atomic mass is 10.2. The smallest absolute Gasteiger partial charge is 0.269 e. The van der Waals surface area contributed by atoms with Gasteiger partial charge in [-0.3, -0.25) is 9.20 Å². The molecule has 0 aliphatic heterocycles. The van der Waals surface area contributed by atoms with Gasteiger partial charge in [-0.05, 0) is 67.4 Å². The predicted octanol–water partition coefficient (Wildman–Crippen LogP) is 5.10. The van der Waals surface area contributed by atoms with Crippen molar-refractivity contribution in [3.05, 3.63) is 104 Å². The van der Waals surface area contributed by atoms with Gasteiger partial charge in [-0.1, -0.05) is 35.9 Å². The molecule has 0 amide bonds. The van der Waals surface area contributed by atoms with Crippen molar-refractivity contribution in [2.45, 2.75) is 18.7 Å². The van der Waals surface area contributed by atoms with E-state index in [4.69, 9.17) is 16.3 Å². The summed E-state index contributed by atoms with van der Waals surface area (Å²) >= 11 is 5.86. The largest absolute Gasteiger partial charge is 0.438 e. The zero-order valence-corrected chi connectivity index (χ0v) is 19.8. The van der Waals surface area contributed by atoms with E-state index in [-0.39, 0.29) is 16.3 Å². The van der Waals surface area contributed by atoms with Crippen LogP contribution in [-0.2, 0) is 9.84 Å². The molecule has 4 aromatic rings. The molecule has 0 radical (unpaired) electrons. The highest BCUT2D eigenvalue weighted by Crippen LogP contribution is 2.29. The normalized spacial score (nSPS) is 11.9. The van der Waals surface area contributed by atoms with Gasteiger partial charge in [0.1, 0.15) is 27.9 Å². The van der Waals surface area contributed by atoms with Crippen LogP contribution >= 0.6 is 11.6 Å². The first-order chi connectivity index (χ1) is 16.2. The Morgan fingerprint density at radius 3 is 2.41 bits per heavy atom. The monoisotopic (exact) mass is 491 g/mol. The number of aromatic nitrogens is 2. The molecule has 0 bridgehead atoms.